The molecule has 76 valence electrons. The summed E-state index contributed by atoms with van der Waals surface area (Å²) in [7, 11) is 0. The van der Waals surface area contributed by atoms with Crippen LogP contribution >= 0.6 is 0 Å². The summed E-state index contributed by atoms with van der Waals surface area (Å²) in [5.74, 6) is -0.273. The monoisotopic (exact) mass is 197 g/mol. The largest absolute Gasteiger partial charge is 0.379 e. The number of nitrogens with zero attached hydrogens (tertiary/aromatic N) is 3. The molecule has 7 heteroatoms. The van der Waals surface area contributed by atoms with E-state index in [-0.39, 0.29) is 17.3 Å². The molecule has 0 aliphatic carbocycles. The first-order valence-electron chi connectivity index (χ1n) is 4.33. The highest BCUT2D eigenvalue weighted by Crippen LogP contribution is 2.17. The third kappa shape index (κ3) is 1.72. The van der Waals surface area contributed by atoms with Crippen molar-refractivity contribution >= 4 is 5.91 Å². The molecule has 2 N–H and O–H groups in total. The second-order valence-corrected chi connectivity index (χ2v) is 3.55. The third-order valence-electron chi connectivity index (χ3n) is 2.18. The van der Waals surface area contributed by atoms with Crippen LogP contribution < -0.4 is 5.32 Å². The summed E-state index contributed by atoms with van der Waals surface area (Å²) in [5, 5.41) is 15.5. The van der Waals surface area contributed by atoms with Crippen molar-refractivity contribution in [1.29, 1.82) is 0 Å². The first kappa shape index (κ1) is 9.07. The Kier molecular flexibility index (Phi) is 2.16. The molecule has 1 atom stereocenters. The molecule has 14 heavy (non-hydrogen) atoms. The number of carbonyl (C=O) groups excluding carboxylic acids is 1. The van der Waals surface area contributed by atoms with E-state index in [0.717, 1.165) is 6.42 Å². The van der Waals surface area contributed by atoms with Gasteiger partial charge in [0.25, 0.3) is 11.7 Å². The van der Waals surface area contributed by atoms with Crippen molar-refractivity contribution in [2.75, 3.05) is 13.2 Å². The van der Waals surface area contributed by atoms with Gasteiger partial charge in [-0.1, -0.05) is 0 Å². The number of amides is 1. The van der Waals surface area contributed by atoms with E-state index in [0.29, 0.717) is 13.2 Å². The first-order chi connectivity index (χ1) is 6.70. The standard InChI is InChI=1S/C7H11N5O2/c1-7(2-3-14-4-7)8-6(13)5-9-11-12-10-5/h2-4H2,1H3,(H,8,13)(H,9,10,11,12). The molecule has 0 bridgehead atoms. The SMILES string of the molecule is CC1(NC(=O)c2nn[nH]n2)CCOC1. The summed E-state index contributed by atoms with van der Waals surface area (Å²) in [6.45, 7) is 3.12. The Morgan fingerprint density at radius 1 is 1.71 bits per heavy atom. The fourth-order valence-electron chi connectivity index (χ4n) is 1.35. The number of aromatic nitrogens is 4. The molecule has 1 fully saturated rings. The summed E-state index contributed by atoms with van der Waals surface area (Å²) in [6, 6.07) is 0. The van der Waals surface area contributed by atoms with Crippen molar-refractivity contribution < 1.29 is 9.53 Å². The Hall–Kier alpha value is -1.50. The smallest absolute Gasteiger partial charge is 0.293 e. The second-order valence-electron chi connectivity index (χ2n) is 3.55. The highest BCUT2D eigenvalue weighted by atomic mass is 16.5. The normalized spacial score (nSPS) is 26.4. The maximum Gasteiger partial charge on any atom is 0.293 e. The fourth-order valence-corrected chi connectivity index (χ4v) is 1.35. The van der Waals surface area contributed by atoms with Crippen LogP contribution in [0.3, 0.4) is 0 Å². The van der Waals surface area contributed by atoms with Gasteiger partial charge in [0.15, 0.2) is 0 Å². The van der Waals surface area contributed by atoms with Gasteiger partial charge in [0.05, 0.1) is 12.1 Å². The Bertz CT molecular complexity index is 317. The van der Waals surface area contributed by atoms with Gasteiger partial charge < -0.3 is 10.1 Å². The second kappa shape index (κ2) is 3.33. The number of hydrogen-bond donors (Lipinski definition) is 2. The van der Waals surface area contributed by atoms with Crippen LogP contribution in [0.2, 0.25) is 0 Å². The van der Waals surface area contributed by atoms with Gasteiger partial charge in [0.1, 0.15) is 0 Å². The van der Waals surface area contributed by atoms with Gasteiger partial charge in [-0.15, -0.1) is 10.2 Å². The van der Waals surface area contributed by atoms with Gasteiger partial charge in [-0.05, 0) is 18.6 Å². The predicted molar refractivity (Wildman–Crippen MR) is 45.5 cm³/mol. The Labute approximate surface area is 80.2 Å². The van der Waals surface area contributed by atoms with E-state index in [1.54, 1.807) is 0 Å². The van der Waals surface area contributed by atoms with Gasteiger partial charge >= 0.3 is 0 Å². The van der Waals surface area contributed by atoms with Gasteiger partial charge in [-0.2, -0.15) is 5.21 Å². The zero-order chi connectivity index (χ0) is 10.0. The number of H-pyrrole nitrogens is 1. The number of ether oxygens (including phenoxy) is 1. The van der Waals surface area contributed by atoms with Crippen LogP contribution in [0.1, 0.15) is 24.0 Å². The molecule has 1 aliphatic rings. The van der Waals surface area contributed by atoms with Crippen LogP contribution in [0, 0.1) is 0 Å². The van der Waals surface area contributed by atoms with Crippen molar-refractivity contribution in [2.45, 2.75) is 18.9 Å². The van der Waals surface area contributed by atoms with Crippen LogP contribution in [-0.2, 0) is 4.74 Å². The van der Waals surface area contributed by atoms with Crippen LogP contribution in [0.25, 0.3) is 0 Å². The minimum Gasteiger partial charge on any atom is -0.379 e. The zero-order valence-electron chi connectivity index (χ0n) is 7.78. The van der Waals surface area contributed by atoms with E-state index < -0.39 is 0 Å². The van der Waals surface area contributed by atoms with E-state index in [2.05, 4.69) is 25.9 Å². The Morgan fingerprint density at radius 3 is 3.14 bits per heavy atom. The topological polar surface area (TPSA) is 92.8 Å². The molecule has 0 saturated carbocycles. The molecule has 1 aromatic heterocycles. The van der Waals surface area contributed by atoms with Gasteiger partial charge in [0, 0.05) is 6.61 Å². The average Bonchev–Trinajstić information content (AvgIpc) is 2.74. The molecule has 2 heterocycles. The lowest BCUT2D eigenvalue weighted by Crippen LogP contribution is -2.46. The molecule has 1 saturated heterocycles. The quantitative estimate of drug-likeness (QED) is 0.641. The molecule has 0 radical (unpaired) electrons. The fraction of sp³-hybridized carbons (Fsp3) is 0.714. The van der Waals surface area contributed by atoms with Crippen LogP contribution in [0.4, 0.5) is 0 Å². The number of carbonyl (C=O) groups is 1. The van der Waals surface area contributed by atoms with Crippen molar-refractivity contribution in [2.24, 2.45) is 0 Å². The number of tetrazole rings is 1. The molecule has 1 aromatic rings. The third-order valence-corrected chi connectivity index (χ3v) is 2.18. The van der Waals surface area contributed by atoms with Crippen molar-refractivity contribution in [1.82, 2.24) is 25.9 Å². The number of hydrogen-bond acceptors (Lipinski definition) is 5. The summed E-state index contributed by atoms with van der Waals surface area (Å²) >= 11 is 0. The average molecular weight is 197 g/mol. The summed E-state index contributed by atoms with van der Waals surface area (Å²) in [4.78, 5) is 11.5. The van der Waals surface area contributed by atoms with Gasteiger partial charge in [-0.25, -0.2) is 0 Å². The summed E-state index contributed by atoms with van der Waals surface area (Å²) < 4.78 is 5.20. The summed E-state index contributed by atoms with van der Waals surface area (Å²) in [6.07, 6.45) is 0.802. The molecule has 1 aliphatic heterocycles. The minimum atomic E-state index is -0.327. The minimum absolute atomic E-state index is 0.0538. The molecule has 1 unspecified atom stereocenters. The van der Waals surface area contributed by atoms with Gasteiger partial charge in [0.2, 0.25) is 0 Å². The number of rotatable bonds is 2. The maximum absolute atomic E-state index is 11.5. The lowest BCUT2D eigenvalue weighted by molar-refractivity contribution is 0.0879. The molecule has 0 aromatic carbocycles. The molecule has 7 nitrogen and oxygen atoms in total. The van der Waals surface area contributed by atoms with Crippen molar-refractivity contribution in [3.05, 3.63) is 5.82 Å². The van der Waals surface area contributed by atoms with E-state index in [9.17, 15) is 4.79 Å². The summed E-state index contributed by atoms with van der Waals surface area (Å²) in [5.41, 5.74) is -0.308. The predicted octanol–water partition coefficient (Wildman–Crippen LogP) is -0.892. The Morgan fingerprint density at radius 2 is 2.57 bits per heavy atom. The van der Waals surface area contributed by atoms with Crippen LogP contribution in [0.5, 0.6) is 0 Å². The van der Waals surface area contributed by atoms with Crippen LogP contribution in [-0.4, -0.2) is 45.3 Å². The van der Waals surface area contributed by atoms with E-state index in [4.69, 9.17) is 4.74 Å². The van der Waals surface area contributed by atoms with Crippen molar-refractivity contribution in [3.63, 3.8) is 0 Å². The highest BCUT2D eigenvalue weighted by molar-refractivity contribution is 5.90. The number of aromatic amines is 1. The van der Waals surface area contributed by atoms with E-state index >= 15 is 0 Å². The molecule has 2 rings (SSSR count). The lowest BCUT2D eigenvalue weighted by atomic mass is 10.0. The first-order valence-corrected chi connectivity index (χ1v) is 4.33. The lowest BCUT2D eigenvalue weighted by Gasteiger charge is -2.22. The molecular weight excluding hydrogens is 186 g/mol. The zero-order valence-corrected chi connectivity index (χ0v) is 7.78. The van der Waals surface area contributed by atoms with Gasteiger partial charge in [-0.3, -0.25) is 4.79 Å². The molecule has 0 spiro atoms. The van der Waals surface area contributed by atoms with E-state index in [1.165, 1.54) is 0 Å². The molecule has 1 amide bonds. The highest BCUT2D eigenvalue weighted by Gasteiger charge is 2.32. The van der Waals surface area contributed by atoms with Crippen LogP contribution in [0.15, 0.2) is 0 Å². The Balaban J connectivity index is 2.01. The molecular formula is C7H11N5O2. The number of nitrogens with one attached hydrogen (secondary N) is 2. The van der Waals surface area contributed by atoms with Crippen molar-refractivity contribution in [3.8, 4) is 0 Å². The maximum atomic E-state index is 11.5. The van der Waals surface area contributed by atoms with E-state index in [1.807, 2.05) is 6.92 Å².